The molecule has 1 aromatic rings. The monoisotopic (exact) mass is 278 g/mol. The van der Waals surface area contributed by atoms with Crippen LogP contribution in [0.3, 0.4) is 0 Å². The molecule has 1 aromatic heterocycles. The molecule has 1 aliphatic carbocycles. The molecule has 1 N–H and O–H groups in total. The largest absolute Gasteiger partial charge is 0.392 e. The molecular weight excluding hydrogens is 252 g/mol. The maximum Gasteiger partial charge on any atom is 0.0681 e. The summed E-state index contributed by atoms with van der Waals surface area (Å²) in [5.41, 5.74) is 1.40. The minimum atomic E-state index is -0.156. The Hall–Kier alpha value is -0.840. The fraction of sp³-hybridized carbons (Fsp3) is 0.750. The van der Waals surface area contributed by atoms with Crippen molar-refractivity contribution in [2.75, 3.05) is 19.7 Å². The van der Waals surface area contributed by atoms with Crippen LogP contribution in [-0.4, -0.2) is 46.5 Å². The molecule has 2 unspecified atom stereocenters. The average molecular weight is 278 g/mol. The number of aryl methyl sites for hydroxylation is 1. The summed E-state index contributed by atoms with van der Waals surface area (Å²) in [5.74, 6) is 0. The molecule has 2 aliphatic rings. The molecule has 1 spiro atoms. The van der Waals surface area contributed by atoms with Crippen LogP contribution in [0.1, 0.15) is 31.9 Å². The lowest BCUT2D eigenvalue weighted by atomic mass is 9.58. The van der Waals surface area contributed by atoms with Crippen LogP contribution in [0.2, 0.25) is 0 Å². The first kappa shape index (κ1) is 14.1. The third kappa shape index (κ3) is 2.30. The standard InChI is InChI=1S/C16H26N2O2/c1-3-20-15-11-14(19)16(15)6-9-18(10-7-16)12-13-5-4-8-17(13)2/h4-5,8,14-15,19H,3,6-7,9-12H2,1-2H3. The molecule has 20 heavy (non-hydrogen) atoms. The van der Waals surface area contributed by atoms with Gasteiger partial charge in [0.1, 0.15) is 0 Å². The topological polar surface area (TPSA) is 37.6 Å². The predicted molar refractivity (Wildman–Crippen MR) is 78.4 cm³/mol. The number of aliphatic hydroxyl groups is 1. The molecule has 0 bridgehead atoms. The Labute approximate surface area is 121 Å². The first-order valence-electron chi connectivity index (χ1n) is 7.78. The van der Waals surface area contributed by atoms with Gasteiger partial charge in [-0.15, -0.1) is 0 Å². The molecule has 4 nitrogen and oxygen atoms in total. The molecule has 1 saturated carbocycles. The molecule has 4 heteroatoms. The van der Waals surface area contributed by atoms with E-state index in [9.17, 15) is 5.11 Å². The lowest BCUT2D eigenvalue weighted by Gasteiger charge is -2.56. The van der Waals surface area contributed by atoms with Gasteiger partial charge in [0.2, 0.25) is 0 Å². The van der Waals surface area contributed by atoms with Crippen molar-refractivity contribution in [2.24, 2.45) is 12.5 Å². The molecule has 1 saturated heterocycles. The number of piperidine rings is 1. The summed E-state index contributed by atoms with van der Waals surface area (Å²) in [6.45, 7) is 5.93. The predicted octanol–water partition coefficient (Wildman–Crippen LogP) is 1.78. The number of ether oxygens (including phenoxy) is 1. The minimum absolute atomic E-state index is 0.0424. The van der Waals surface area contributed by atoms with Gasteiger partial charge >= 0.3 is 0 Å². The van der Waals surface area contributed by atoms with Gasteiger partial charge in [0.15, 0.2) is 0 Å². The summed E-state index contributed by atoms with van der Waals surface area (Å²) in [5, 5.41) is 10.2. The van der Waals surface area contributed by atoms with Crippen molar-refractivity contribution >= 4 is 0 Å². The maximum absolute atomic E-state index is 10.2. The Morgan fingerprint density at radius 3 is 2.70 bits per heavy atom. The van der Waals surface area contributed by atoms with Gasteiger partial charge in [-0.3, -0.25) is 4.90 Å². The summed E-state index contributed by atoms with van der Waals surface area (Å²) < 4.78 is 8.01. The van der Waals surface area contributed by atoms with E-state index in [-0.39, 0.29) is 17.6 Å². The van der Waals surface area contributed by atoms with Gasteiger partial charge < -0.3 is 14.4 Å². The van der Waals surface area contributed by atoms with E-state index in [1.165, 1.54) is 5.69 Å². The molecule has 1 aliphatic heterocycles. The van der Waals surface area contributed by atoms with Crippen molar-refractivity contribution in [1.29, 1.82) is 0 Å². The van der Waals surface area contributed by atoms with E-state index in [2.05, 4.69) is 34.8 Å². The lowest BCUT2D eigenvalue weighted by molar-refractivity contribution is -0.210. The van der Waals surface area contributed by atoms with Gasteiger partial charge in [-0.1, -0.05) is 0 Å². The van der Waals surface area contributed by atoms with E-state index < -0.39 is 0 Å². The zero-order valence-corrected chi connectivity index (χ0v) is 12.6. The molecule has 2 fully saturated rings. The molecular formula is C16H26N2O2. The van der Waals surface area contributed by atoms with Crippen LogP contribution in [0.25, 0.3) is 0 Å². The van der Waals surface area contributed by atoms with Gasteiger partial charge in [0.25, 0.3) is 0 Å². The van der Waals surface area contributed by atoms with E-state index in [4.69, 9.17) is 4.74 Å². The van der Waals surface area contributed by atoms with Crippen LogP contribution >= 0.6 is 0 Å². The van der Waals surface area contributed by atoms with Crippen LogP contribution in [0.4, 0.5) is 0 Å². The summed E-state index contributed by atoms with van der Waals surface area (Å²) >= 11 is 0. The van der Waals surface area contributed by atoms with Crippen molar-refractivity contribution in [3.8, 4) is 0 Å². The normalized spacial score (nSPS) is 29.6. The smallest absolute Gasteiger partial charge is 0.0681 e. The van der Waals surface area contributed by atoms with Crippen LogP contribution in [0.15, 0.2) is 18.3 Å². The van der Waals surface area contributed by atoms with Crippen LogP contribution in [0.5, 0.6) is 0 Å². The van der Waals surface area contributed by atoms with Crippen molar-refractivity contribution in [3.05, 3.63) is 24.0 Å². The van der Waals surface area contributed by atoms with Gasteiger partial charge in [0, 0.05) is 43.9 Å². The third-order valence-corrected chi connectivity index (χ3v) is 5.33. The van der Waals surface area contributed by atoms with Crippen molar-refractivity contribution in [3.63, 3.8) is 0 Å². The molecule has 112 valence electrons. The highest BCUT2D eigenvalue weighted by molar-refractivity contribution is 5.09. The molecule has 0 amide bonds. The fourth-order valence-electron chi connectivity index (χ4n) is 3.83. The van der Waals surface area contributed by atoms with E-state index in [0.717, 1.165) is 45.5 Å². The highest BCUT2D eigenvalue weighted by Crippen LogP contribution is 2.51. The average Bonchev–Trinajstić information content (AvgIpc) is 2.85. The quantitative estimate of drug-likeness (QED) is 0.912. The maximum atomic E-state index is 10.2. The molecule has 3 rings (SSSR count). The van der Waals surface area contributed by atoms with E-state index in [1.807, 2.05) is 6.92 Å². The molecule has 0 radical (unpaired) electrons. The van der Waals surface area contributed by atoms with Crippen LogP contribution < -0.4 is 0 Å². The number of hydrogen-bond acceptors (Lipinski definition) is 3. The van der Waals surface area contributed by atoms with E-state index in [1.54, 1.807) is 0 Å². The van der Waals surface area contributed by atoms with Gasteiger partial charge in [0.05, 0.1) is 12.2 Å². The number of likely N-dealkylation sites (tertiary alicyclic amines) is 1. The summed E-state index contributed by atoms with van der Waals surface area (Å²) in [6.07, 6.45) is 5.16. The van der Waals surface area contributed by atoms with Crippen molar-refractivity contribution in [2.45, 2.75) is 44.9 Å². The Morgan fingerprint density at radius 1 is 1.40 bits per heavy atom. The number of aromatic nitrogens is 1. The number of hydrogen-bond donors (Lipinski definition) is 1. The number of aliphatic hydroxyl groups excluding tert-OH is 1. The highest BCUT2D eigenvalue weighted by Gasteiger charge is 2.55. The van der Waals surface area contributed by atoms with E-state index in [0.29, 0.717) is 0 Å². The number of rotatable bonds is 4. The second-order valence-electron chi connectivity index (χ2n) is 6.32. The van der Waals surface area contributed by atoms with Gasteiger partial charge in [-0.05, 0) is 45.0 Å². The minimum Gasteiger partial charge on any atom is -0.392 e. The molecule has 2 heterocycles. The zero-order chi connectivity index (χ0) is 14.2. The first-order chi connectivity index (χ1) is 9.65. The number of nitrogens with zero attached hydrogens (tertiary/aromatic N) is 2. The summed E-state index contributed by atoms with van der Waals surface area (Å²) in [6, 6.07) is 4.28. The Kier molecular flexibility index (Phi) is 3.89. The SMILES string of the molecule is CCOC1CC(O)C12CCN(Cc1cccn1C)CC2. The summed E-state index contributed by atoms with van der Waals surface area (Å²) in [7, 11) is 2.10. The van der Waals surface area contributed by atoms with Gasteiger partial charge in [-0.25, -0.2) is 0 Å². The molecule has 2 atom stereocenters. The second kappa shape index (κ2) is 5.51. The fourth-order valence-corrected chi connectivity index (χ4v) is 3.83. The van der Waals surface area contributed by atoms with E-state index >= 15 is 0 Å². The van der Waals surface area contributed by atoms with Crippen LogP contribution in [-0.2, 0) is 18.3 Å². The van der Waals surface area contributed by atoms with Crippen LogP contribution in [0, 0.1) is 5.41 Å². The van der Waals surface area contributed by atoms with Gasteiger partial charge in [-0.2, -0.15) is 0 Å². The molecule has 0 aromatic carbocycles. The zero-order valence-electron chi connectivity index (χ0n) is 12.6. The first-order valence-corrected chi connectivity index (χ1v) is 7.78. The lowest BCUT2D eigenvalue weighted by Crippen LogP contribution is -2.62. The van der Waals surface area contributed by atoms with Crippen molar-refractivity contribution < 1.29 is 9.84 Å². The Balaban J connectivity index is 1.58. The second-order valence-corrected chi connectivity index (χ2v) is 6.32. The Morgan fingerprint density at radius 2 is 2.15 bits per heavy atom. The Bertz CT molecular complexity index is 447. The third-order valence-electron chi connectivity index (χ3n) is 5.33. The van der Waals surface area contributed by atoms with Crippen molar-refractivity contribution in [1.82, 2.24) is 9.47 Å². The summed E-state index contributed by atoms with van der Waals surface area (Å²) in [4.78, 5) is 2.49. The highest BCUT2D eigenvalue weighted by atomic mass is 16.5.